The van der Waals surface area contributed by atoms with Gasteiger partial charge in [-0.3, -0.25) is 4.68 Å². The molecule has 0 saturated carbocycles. The molecule has 1 rings (SSSR count). The molecular formula is C8H12N4. The topological polar surface area (TPSA) is 67.6 Å². The molecule has 0 aliphatic heterocycles. The van der Waals surface area contributed by atoms with Crippen LogP contribution in [0.3, 0.4) is 0 Å². The Morgan fingerprint density at radius 2 is 2.58 bits per heavy atom. The van der Waals surface area contributed by atoms with E-state index < -0.39 is 0 Å². The Morgan fingerprint density at radius 1 is 1.83 bits per heavy atom. The number of nitrogens with two attached hydrogens (primary N) is 1. The largest absolute Gasteiger partial charge is 0.316 e. The van der Waals surface area contributed by atoms with Gasteiger partial charge in [-0.2, -0.15) is 10.4 Å². The molecule has 0 saturated heterocycles. The molecule has 1 unspecified atom stereocenters. The van der Waals surface area contributed by atoms with Gasteiger partial charge >= 0.3 is 0 Å². The highest BCUT2D eigenvalue weighted by Gasteiger charge is 2.01. The first-order valence-corrected chi connectivity index (χ1v) is 3.87. The van der Waals surface area contributed by atoms with Gasteiger partial charge in [0.1, 0.15) is 0 Å². The van der Waals surface area contributed by atoms with Gasteiger partial charge in [-0.25, -0.2) is 0 Å². The van der Waals surface area contributed by atoms with E-state index in [9.17, 15) is 0 Å². The zero-order chi connectivity index (χ0) is 8.97. The fourth-order valence-electron chi connectivity index (χ4n) is 0.959. The highest BCUT2D eigenvalue weighted by molar-refractivity contribution is 4.97. The van der Waals surface area contributed by atoms with Crippen molar-refractivity contribution in [2.45, 2.75) is 25.9 Å². The third kappa shape index (κ3) is 2.07. The predicted octanol–water partition coefficient (Wildman–Crippen LogP) is 0.432. The van der Waals surface area contributed by atoms with Gasteiger partial charge in [0.2, 0.25) is 0 Å². The van der Waals surface area contributed by atoms with Crippen LogP contribution in [0.5, 0.6) is 0 Å². The Labute approximate surface area is 71.6 Å². The molecule has 0 aromatic carbocycles. The maximum absolute atomic E-state index is 8.43. The quantitative estimate of drug-likeness (QED) is 0.704. The van der Waals surface area contributed by atoms with Crippen LogP contribution in [0.15, 0.2) is 12.3 Å². The van der Waals surface area contributed by atoms with E-state index in [1.54, 1.807) is 6.20 Å². The van der Waals surface area contributed by atoms with Gasteiger partial charge in [-0.1, -0.05) is 0 Å². The minimum atomic E-state index is -0.381. The molecule has 0 bridgehead atoms. The van der Waals surface area contributed by atoms with E-state index in [4.69, 9.17) is 11.0 Å². The predicted molar refractivity (Wildman–Crippen MR) is 45.2 cm³/mol. The van der Waals surface area contributed by atoms with Crippen molar-refractivity contribution in [1.82, 2.24) is 9.78 Å². The molecule has 1 aromatic rings. The van der Waals surface area contributed by atoms with Crippen LogP contribution in [0.4, 0.5) is 0 Å². The van der Waals surface area contributed by atoms with Crippen LogP contribution in [0, 0.1) is 18.3 Å². The fraction of sp³-hybridized carbons (Fsp3) is 0.500. The summed E-state index contributed by atoms with van der Waals surface area (Å²) in [6.07, 6.45) is 2.40. The molecule has 0 radical (unpaired) electrons. The lowest BCUT2D eigenvalue weighted by molar-refractivity contribution is 0.543. The van der Waals surface area contributed by atoms with Crippen molar-refractivity contribution < 1.29 is 0 Å². The van der Waals surface area contributed by atoms with Gasteiger partial charge in [0.05, 0.1) is 12.1 Å². The average Bonchev–Trinajstić information content (AvgIpc) is 2.47. The highest BCUT2D eigenvalue weighted by Crippen LogP contribution is 1.98. The zero-order valence-corrected chi connectivity index (χ0v) is 7.07. The molecule has 1 aromatic heterocycles. The van der Waals surface area contributed by atoms with Crippen LogP contribution < -0.4 is 5.73 Å². The van der Waals surface area contributed by atoms with Gasteiger partial charge in [-0.15, -0.1) is 0 Å². The molecular weight excluding hydrogens is 152 g/mol. The number of nitriles is 1. The van der Waals surface area contributed by atoms with Crippen LogP contribution in [0.25, 0.3) is 0 Å². The van der Waals surface area contributed by atoms with Crippen molar-refractivity contribution in [3.8, 4) is 6.07 Å². The van der Waals surface area contributed by atoms with E-state index >= 15 is 0 Å². The second-order valence-electron chi connectivity index (χ2n) is 2.72. The molecule has 1 heterocycles. The molecule has 1 atom stereocenters. The summed E-state index contributed by atoms with van der Waals surface area (Å²) < 4.78 is 1.84. The van der Waals surface area contributed by atoms with Crippen LogP contribution in [-0.4, -0.2) is 15.8 Å². The molecule has 64 valence electrons. The first-order chi connectivity index (χ1) is 5.74. The normalized spacial score (nSPS) is 12.4. The minimum Gasteiger partial charge on any atom is -0.316 e. The molecule has 0 aliphatic rings. The fourth-order valence-corrected chi connectivity index (χ4v) is 0.959. The van der Waals surface area contributed by atoms with E-state index in [1.807, 2.05) is 23.7 Å². The summed E-state index contributed by atoms with van der Waals surface area (Å²) in [4.78, 5) is 0. The van der Waals surface area contributed by atoms with Gasteiger partial charge in [0.25, 0.3) is 0 Å². The number of nitrogens with zero attached hydrogens (tertiary/aromatic N) is 3. The van der Waals surface area contributed by atoms with Crippen LogP contribution in [0.1, 0.15) is 12.1 Å². The Bertz CT molecular complexity index is 283. The van der Waals surface area contributed by atoms with Gasteiger partial charge in [-0.05, 0) is 19.4 Å². The third-order valence-corrected chi connectivity index (χ3v) is 1.75. The van der Waals surface area contributed by atoms with E-state index in [0.29, 0.717) is 13.0 Å². The number of aryl methyl sites for hydroxylation is 2. The van der Waals surface area contributed by atoms with Crippen molar-refractivity contribution in [1.29, 1.82) is 5.26 Å². The van der Waals surface area contributed by atoms with E-state index in [0.717, 1.165) is 5.69 Å². The van der Waals surface area contributed by atoms with E-state index in [1.165, 1.54) is 0 Å². The second-order valence-corrected chi connectivity index (χ2v) is 2.72. The van der Waals surface area contributed by atoms with Crippen LogP contribution in [0.2, 0.25) is 0 Å². The summed E-state index contributed by atoms with van der Waals surface area (Å²) in [6, 6.07) is 3.53. The zero-order valence-electron chi connectivity index (χ0n) is 7.07. The van der Waals surface area contributed by atoms with Crippen molar-refractivity contribution in [2.24, 2.45) is 5.73 Å². The van der Waals surface area contributed by atoms with Crippen molar-refractivity contribution >= 4 is 0 Å². The molecule has 12 heavy (non-hydrogen) atoms. The Kier molecular flexibility index (Phi) is 2.83. The lowest BCUT2D eigenvalue weighted by Gasteiger charge is -2.04. The SMILES string of the molecule is Cc1ccnn1CCC(N)C#N. The maximum atomic E-state index is 8.43. The number of hydrogen-bond donors (Lipinski definition) is 1. The molecule has 2 N–H and O–H groups in total. The first kappa shape index (κ1) is 8.75. The molecule has 4 nitrogen and oxygen atoms in total. The molecule has 0 spiro atoms. The molecule has 0 amide bonds. The summed E-state index contributed by atoms with van der Waals surface area (Å²) in [5, 5.41) is 12.5. The van der Waals surface area contributed by atoms with Gasteiger partial charge < -0.3 is 5.73 Å². The first-order valence-electron chi connectivity index (χ1n) is 3.87. The maximum Gasteiger partial charge on any atom is 0.0945 e. The molecule has 0 fully saturated rings. The number of hydrogen-bond acceptors (Lipinski definition) is 3. The highest BCUT2D eigenvalue weighted by atomic mass is 15.3. The second kappa shape index (κ2) is 3.88. The summed E-state index contributed by atoms with van der Waals surface area (Å²) in [5.74, 6) is 0. The van der Waals surface area contributed by atoms with E-state index in [-0.39, 0.29) is 6.04 Å². The number of aromatic nitrogens is 2. The third-order valence-electron chi connectivity index (χ3n) is 1.75. The Hall–Kier alpha value is -1.34. The minimum absolute atomic E-state index is 0.381. The lowest BCUT2D eigenvalue weighted by atomic mass is 10.2. The summed E-state index contributed by atoms with van der Waals surface area (Å²) in [6.45, 7) is 2.69. The van der Waals surface area contributed by atoms with E-state index in [2.05, 4.69) is 5.10 Å². The summed E-state index contributed by atoms with van der Waals surface area (Å²) in [7, 11) is 0. The van der Waals surface area contributed by atoms with Gasteiger partial charge in [0, 0.05) is 18.4 Å². The number of rotatable bonds is 3. The summed E-state index contributed by atoms with van der Waals surface area (Å²) >= 11 is 0. The average molecular weight is 164 g/mol. The van der Waals surface area contributed by atoms with Crippen LogP contribution in [-0.2, 0) is 6.54 Å². The molecule has 0 aliphatic carbocycles. The smallest absolute Gasteiger partial charge is 0.0945 e. The Balaban J connectivity index is 2.44. The monoisotopic (exact) mass is 164 g/mol. The van der Waals surface area contributed by atoms with Crippen molar-refractivity contribution in [3.63, 3.8) is 0 Å². The van der Waals surface area contributed by atoms with Crippen LogP contribution >= 0.6 is 0 Å². The summed E-state index contributed by atoms with van der Waals surface area (Å²) in [5.41, 5.74) is 6.53. The standard InChI is InChI=1S/C8H12N4/c1-7-2-4-11-12(7)5-3-8(10)6-9/h2,4,8H,3,5,10H2,1H3. The Morgan fingerprint density at radius 3 is 3.08 bits per heavy atom. The van der Waals surface area contributed by atoms with Crippen molar-refractivity contribution in [2.75, 3.05) is 0 Å². The lowest BCUT2D eigenvalue weighted by Crippen LogP contribution is -2.20. The van der Waals surface area contributed by atoms with Gasteiger partial charge in [0.15, 0.2) is 0 Å². The molecule has 4 heteroatoms. The van der Waals surface area contributed by atoms with Crippen molar-refractivity contribution in [3.05, 3.63) is 18.0 Å².